The zero-order valence-electron chi connectivity index (χ0n) is 17.1. The van der Waals surface area contributed by atoms with Gasteiger partial charge in [0.2, 0.25) is 0 Å². The van der Waals surface area contributed by atoms with Gasteiger partial charge >= 0.3 is 6.18 Å². The fraction of sp³-hybridized carbons (Fsp3) is 0.682. The summed E-state index contributed by atoms with van der Waals surface area (Å²) >= 11 is 0. The van der Waals surface area contributed by atoms with Gasteiger partial charge in [0.05, 0.1) is 11.1 Å². The van der Waals surface area contributed by atoms with E-state index in [1.165, 1.54) is 24.2 Å². The van der Waals surface area contributed by atoms with Crippen LogP contribution in [0.3, 0.4) is 0 Å². The molecule has 0 atom stereocenters. The van der Waals surface area contributed by atoms with Crippen LogP contribution in [0.4, 0.5) is 17.6 Å². The first-order chi connectivity index (χ1) is 13.3. The molecule has 0 fully saturated rings. The SMILES string of the molecule is CCCCCCCCCN(CCCCC)C(=O)c1cccc(C(F)(F)F)c1F. The third-order valence-corrected chi connectivity index (χ3v) is 4.88. The second-order valence-corrected chi connectivity index (χ2v) is 7.29. The third-order valence-electron chi connectivity index (χ3n) is 4.88. The van der Waals surface area contributed by atoms with Gasteiger partial charge in [-0.1, -0.05) is 71.3 Å². The summed E-state index contributed by atoms with van der Waals surface area (Å²) in [5, 5.41) is 0. The first-order valence-corrected chi connectivity index (χ1v) is 10.5. The van der Waals surface area contributed by atoms with Gasteiger partial charge in [0, 0.05) is 13.1 Å². The molecule has 0 radical (unpaired) electrons. The number of benzene rings is 1. The van der Waals surface area contributed by atoms with Crippen molar-refractivity contribution in [2.45, 2.75) is 84.2 Å². The van der Waals surface area contributed by atoms with Crippen LogP contribution in [0, 0.1) is 5.82 Å². The van der Waals surface area contributed by atoms with Gasteiger partial charge in [0.25, 0.3) is 5.91 Å². The summed E-state index contributed by atoms with van der Waals surface area (Å²) in [5.41, 5.74) is -1.88. The molecule has 0 saturated carbocycles. The van der Waals surface area contributed by atoms with E-state index in [0.717, 1.165) is 57.1 Å². The monoisotopic (exact) mass is 403 g/mol. The highest BCUT2D eigenvalue weighted by Crippen LogP contribution is 2.32. The molecule has 1 aromatic rings. The highest BCUT2D eigenvalue weighted by atomic mass is 19.4. The van der Waals surface area contributed by atoms with E-state index < -0.39 is 29.0 Å². The number of hydrogen-bond acceptors (Lipinski definition) is 1. The minimum Gasteiger partial charge on any atom is -0.339 e. The smallest absolute Gasteiger partial charge is 0.339 e. The number of halogens is 4. The fourth-order valence-corrected chi connectivity index (χ4v) is 3.21. The van der Waals surface area contributed by atoms with Crippen molar-refractivity contribution in [1.82, 2.24) is 4.90 Å². The maximum atomic E-state index is 14.4. The predicted octanol–water partition coefficient (Wildman–Crippen LogP) is 7.23. The molecule has 1 rings (SSSR count). The lowest BCUT2D eigenvalue weighted by Crippen LogP contribution is -2.34. The maximum absolute atomic E-state index is 14.4. The van der Waals surface area contributed by atoms with Gasteiger partial charge < -0.3 is 4.90 Å². The molecule has 0 aromatic heterocycles. The van der Waals surface area contributed by atoms with Gasteiger partial charge in [-0.05, 0) is 25.0 Å². The molecule has 0 spiro atoms. The molecule has 0 heterocycles. The van der Waals surface area contributed by atoms with Crippen LogP contribution >= 0.6 is 0 Å². The van der Waals surface area contributed by atoms with Crippen LogP contribution in [0.2, 0.25) is 0 Å². The summed E-state index contributed by atoms with van der Waals surface area (Å²) in [6, 6.07) is 2.91. The number of alkyl halides is 3. The largest absolute Gasteiger partial charge is 0.419 e. The molecule has 0 unspecified atom stereocenters. The molecule has 2 nitrogen and oxygen atoms in total. The molecule has 160 valence electrons. The number of unbranched alkanes of at least 4 members (excludes halogenated alkanes) is 8. The van der Waals surface area contributed by atoms with Crippen LogP contribution in [0.5, 0.6) is 0 Å². The number of hydrogen-bond donors (Lipinski definition) is 0. The number of carbonyl (C=O) groups is 1. The Kier molecular flexibility index (Phi) is 11.2. The van der Waals surface area contributed by atoms with Crippen molar-refractivity contribution in [2.24, 2.45) is 0 Å². The van der Waals surface area contributed by atoms with E-state index in [-0.39, 0.29) is 0 Å². The number of amides is 1. The summed E-state index contributed by atoms with van der Waals surface area (Å²) < 4.78 is 53.2. The van der Waals surface area contributed by atoms with E-state index >= 15 is 0 Å². The average molecular weight is 404 g/mol. The number of rotatable bonds is 13. The lowest BCUT2D eigenvalue weighted by atomic mass is 10.1. The molecule has 1 amide bonds. The molecule has 0 N–H and O–H groups in total. The number of nitrogens with zero attached hydrogens (tertiary/aromatic N) is 1. The van der Waals surface area contributed by atoms with Crippen molar-refractivity contribution < 1.29 is 22.4 Å². The van der Waals surface area contributed by atoms with Crippen LogP contribution in [0.1, 0.15) is 94.0 Å². The predicted molar refractivity (Wildman–Crippen MR) is 105 cm³/mol. The molecule has 1 aromatic carbocycles. The van der Waals surface area contributed by atoms with E-state index in [1.54, 1.807) is 0 Å². The Labute approximate surface area is 166 Å². The van der Waals surface area contributed by atoms with Crippen LogP contribution in [-0.4, -0.2) is 23.9 Å². The minimum atomic E-state index is -4.81. The van der Waals surface area contributed by atoms with Gasteiger partial charge in [-0.3, -0.25) is 4.79 Å². The molecule has 6 heteroatoms. The molecule has 0 aliphatic heterocycles. The van der Waals surface area contributed by atoms with Crippen molar-refractivity contribution in [3.63, 3.8) is 0 Å². The molecule has 0 bridgehead atoms. The Morgan fingerprint density at radius 2 is 1.36 bits per heavy atom. The molecular formula is C22H33F4NO. The van der Waals surface area contributed by atoms with E-state index in [1.807, 2.05) is 6.92 Å². The zero-order chi connectivity index (χ0) is 21.0. The van der Waals surface area contributed by atoms with Crippen LogP contribution in [0.15, 0.2) is 18.2 Å². The fourth-order valence-electron chi connectivity index (χ4n) is 3.21. The van der Waals surface area contributed by atoms with E-state index in [0.29, 0.717) is 19.2 Å². The normalized spacial score (nSPS) is 11.6. The van der Waals surface area contributed by atoms with Crippen molar-refractivity contribution in [3.8, 4) is 0 Å². The summed E-state index contributed by atoms with van der Waals surface area (Å²) in [7, 11) is 0. The Balaban J connectivity index is 2.77. The lowest BCUT2D eigenvalue weighted by Gasteiger charge is -2.23. The average Bonchev–Trinajstić information content (AvgIpc) is 2.64. The Bertz CT molecular complexity index is 586. The van der Waals surface area contributed by atoms with E-state index in [9.17, 15) is 22.4 Å². The Morgan fingerprint density at radius 1 is 0.857 bits per heavy atom. The van der Waals surface area contributed by atoms with Gasteiger partial charge in [-0.25, -0.2) is 4.39 Å². The summed E-state index contributed by atoms with van der Waals surface area (Å²) in [5.74, 6) is -2.12. The Hall–Kier alpha value is -1.59. The topological polar surface area (TPSA) is 20.3 Å². The highest BCUT2D eigenvalue weighted by Gasteiger charge is 2.36. The van der Waals surface area contributed by atoms with Gasteiger partial charge in [-0.2, -0.15) is 13.2 Å². The first kappa shape index (κ1) is 24.4. The number of carbonyl (C=O) groups excluding carboxylic acids is 1. The van der Waals surface area contributed by atoms with Crippen LogP contribution in [0.25, 0.3) is 0 Å². The van der Waals surface area contributed by atoms with Crippen LogP contribution in [-0.2, 0) is 6.18 Å². The lowest BCUT2D eigenvalue weighted by molar-refractivity contribution is -0.140. The quantitative estimate of drug-likeness (QED) is 0.251. The second-order valence-electron chi connectivity index (χ2n) is 7.29. The van der Waals surface area contributed by atoms with Crippen molar-refractivity contribution >= 4 is 5.91 Å². The molecule has 28 heavy (non-hydrogen) atoms. The molecule has 0 saturated heterocycles. The van der Waals surface area contributed by atoms with Gasteiger partial charge in [-0.15, -0.1) is 0 Å². The maximum Gasteiger partial charge on any atom is 0.419 e. The van der Waals surface area contributed by atoms with Crippen molar-refractivity contribution in [1.29, 1.82) is 0 Å². The third kappa shape index (κ3) is 8.19. The zero-order valence-corrected chi connectivity index (χ0v) is 17.1. The highest BCUT2D eigenvalue weighted by molar-refractivity contribution is 5.94. The molecular weight excluding hydrogens is 370 g/mol. The Morgan fingerprint density at radius 3 is 1.93 bits per heavy atom. The van der Waals surface area contributed by atoms with Crippen molar-refractivity contribution in [2.75, 3.05) is 13.1 Å². The summed E-state index contributed by atoms with van der Waals surface area (Å²) in [4.78, 5) is 14.3. The summed E-state index contributed by atoms with van der Waals surface area (Å²) in [6.07, 6.45) is 5.42. The molecule has 0 aliphatic rings. The first-order valence-electron chi connectivity index (χ1n) is 10.5. The van der Waals surface area contributed by atoms with E-state index in [4.69, 9.17) is 0 Å². The van der Waals surface area contributed by atoms with Crippen LogP contribution < -0.4 is 0 Å². The summed E-state index contributed by atoms with van der Waals surface area (Å²) in [6.45, 7) is 5.09. The second kappa shape index (κ2) is 12.8. The minimum absolute atomic E-state index is 0.443. The van der Waals surface area contributed by atoms with E-state index in [2.05, 4.69) is 6.92 Å². The van der Waals surface area contributed by atoms with Crippen molar-refractivity contribution in [3.05, 3.63) is 35.1 Å². The standard InChI is InChI=1S/C22H33F4NO/c1-3-5-7-8-9-10-12-17-27(16-11-6-4-2)21(28)18-14-13-15-19(20(18)23)22(24,25)26/h13-15H,3-12,16-17H2,1-2H3. The molecule has 0 aliphatic carbocycles. The van der Waals surface area contributed by atoms with Gasteiger partial charge in [0.15, 0.2) is 0 Å². The van der Waals surface area contributed by atoms with Gasteiger partial charge in [0.1, 0.15) is 5.82 Å².